The van der Waals surface area contributed by atoms with Crippen LogP contribution in [0.5, 0.6) is 23.0 Å². The quantitative estimate of drug-likeness (QED) is 0.402. The topological polar surface area (TPSA) is 86.9 Å². The summed E-state index contributed by atoms with van der Waals surface area (Å²) in [4.78, 5) is 15.9. The smallest absolute Gasteiger partial charge is 0.247 e. The van der Waals surface area contributed by atoms with E-state index >= 15 is 0 Å². The average molecular weight is 482 g/mol. The largest absolute Gasteiger partial charge is 0.457 e. The fraction of sp³-hybridized carbons (Fsp3) is 0.250. The molecule has 1 fully saturated rings. The van der Waals surface area contributed by atoms with Crippen LogP contribution in [-0.4, -0.2) is 40.9 Å². The third-order valence-electron chi connectivity index (χ3n) is 7.07. The second kappa shape index (κ2) is 8.41. The Labute approximate surface area is 207 Å². The molecule has 1 amide bonds. The number of nitrogens with zero attached hydrogens (tertiary/aromatic N) is 3. The summed E-state index contributed by atoms with van der Waals surface area (Å²) in [6, 6.07) is 21.1. The molecule has 8 heteroatoms. The van der Waals surface area contributed by atoms with Gasteiger partial charge in [0.05, 0.1) is 11.8 Å². The van der Waals surface area contributed by atoms with Gasteiger partial charge >= 0.3 is 0 Å². The number of aromatic nitrogens is 2. The molecule has 3 aliphatic rings. The minimum absolute atomic E-state index is 0.0247. The van der Waals surface area contributed by atoms with Crippen molar-refractivity contribution in [3.63, 3.8) is 0 Å². The van der Waals surface area contributed by atoms with Crippen molar-refractivity contribution >= 4 is 5.91 Å². The molecule has 4 heterocycles. The van der Waals surface area contributed by atoms with Gasteiger partial charge in [0, 0.05) is 29.8 Å². The first-order chi connectivity index (χ1) is 17.7. The molecule has 0 radical (unpaired) electrons. The van der Waals surface area contributed by atoms with E-state index in [4.69, 9.17) is 18.6 Å². The lowest BCUT2D eigenvalue weighted by atomic mass is 9.86. The Morgan fingerprint density at radius 2 is 1.61 bits per heavy atom. The van der Waals surface area contributed by atoms with Gasteiger partial charge in [-0.3, -0.25) is 4.79 Å². The lowest BCUT2D eigenvalue weighted by Crippen LogP contribution is -2.42. The van der Waals surface area contributed by atoms with Crippen LogP contribution in [0.25, 0.3) is 11.5 Å². The van der Waals surface area contributed by atoms with Crippen molar-refractivity contribution in [1.29, 1.82) is 0 Å². The van der Waals surface area contributed by atoms with E-state index in [1.807, 2.05) is 71.6 Å². The Kier molecular flexibility index (Phi) is 4.90. The number of benzene rings is 3. The predicted octanol–water partition coefficient (Wildman–Crippen LogP) is 5.11. The first-order valence-corrected chi connectivity index (χ1v) is 12.1. The fourth-order valence-electron chi connectivity index (χ4n) is 5.28. The van der Waals surface area contributed by atoms with Crippen LogP contribution in [0.2, 0.25) is 0 Å². The monoisotopic (exact) mass is 481 g/mol. The second-order valence-electron chi connectivity index (χ2n) is 9.25. The van der Waals surface area contributed by atoms with Crippen LogP contribution < -0.4 is 14.2 Å². The number of rotatable bonds is 3. The zero-order valence-electron chi connectivity index (χ0n) is 19.4. The van der Waals surface area contributed by atoms with E-state index in [0.29, 0.717) is 36.4 Å². The Bertz CT molecular complexity index is 1420. The molecule has 4 aromatic rings. The number of amides is 1. The molecule has 1 aromatic heterocycles. The van der Waals surface area contributed by atoms with Gasteiger partial charge in [-0.05, 0) is 43.2 Å². The summed E-state index contributed by atoms with van der Waals surface area (Å²) in [5.41, 5.74) is 2.56. The van der Waals surface area contributed by atoms with Crippen LogP contribution in [-0.2, 0) is 4.79 Å². The molecule has 180 valence electrons. The highest BCUT2D eigenvalue weighted by molar-refractivity contribution is 5.89. The summed E-state index contributed by atoms with van der Waals surface area (Å²) in [7, 11) is 0. The van der Waals surface area contributed by atoms with Gasteiger partial charge in [0.1, 0.15) is 11.5 Å². The van der Waals surface area contributed by atoms with Crippen LogP contribution in [0.15, 0.2) is 71.1 Å². The van der Waals surface area contributed by atoms with E-state index in [1.54, 1.807) is 0 Å². The molecular weight excluding hydrogens is 458 g/mol. The van der Waals surface area contributed by atoms with Gasteiger partial charge in [0.15, 0.2) is 11.5 Å². The molecule has 0 saturated carbocycles. The number of fused-ring (bicyclic) bond motifs is 3. The summed E-state index contributed by atoms with van der Waals surface area (Å²) >= 11 is 0. The highest BCUT2D eigenvalue weighted by Gasteiger charge is 2.37. The number of likely N-dealkylation sites (tertiary alicyclic amines) is 1. The Morgan fingerprint density at radius 3 is 2.42 bits per heavy atom. The van der Waals surface area contributed by atoms with E-state index in [9.17, 15) is 4.79 Å². The van der Waals surface area contributed by atoms with Gasteiger partial charge in [-0.1, -0.05) is 36.4 Å². The number of carbonyl (C=O) groups excluding carboxylic acids is 1. The lowest BCUT2D eigenvalue weighted by molar-refractivity contribution is -0.133. The third kappa shape index (κ3) is 3.48. The normalized spacial score (nSPS) is 18.3. The van der Waals surface area contributed by atoms with Crippen LogP contribution >= 0.6 is 0 Å². The number of para-hydroxylation sites is 2. The molecule has 0 spiro atoms. The SMILES string of the molecule is O=C(C1c2ccccc2Oc2ccccc21)N1CCCC(c2nnc(-c3ccc4c(c3)OCO4)o2)C1. The summed E-state index contributed by atoms with van der Waals surface area (Å²) in [6.45, 7) is 1.44. The lowest BCUT2D eigenvalue weighted by Gasteiger charge is -2.36. The molecule has 0 N–H and O–H groups in total. The van der Waals surface area contributed by atoms with E-state index in [2.05, 4.69) is 10.2 Å². The van der Waals surface area contributed by atoms with Crippen molar-refractivity contribution < 1.29 is 23.4 Å². The van der Waals surface area contributed by atoms with Crippen LogP contribution in [0.1, 0.15) is 41.7 Å². The number of ether oxygens (including phenoxy) is 3. The van der Waals surface area contributed by atoms with E-state index < -0.39 is 5.92 Å². The Hall–Kier alpha value is -4.33. The summed E-state index contributed by atoms with van der Waals surface area (Å²) in [5.74, 6) is 3.45. The molecule has 3 aromatic carbocycles. The summed E-state index contributed by atoms with van der Waals surface area (Å²) in [5, 5.41) is 8.61. The maximum atomic E-state index is 14.0. The van der Waals surface area contributed by atoms with Crippen molar-refractivity contribution in [2.24, 2.45) is 0 Å². The maximum absolute atomic E-state index is 14.0. The number of carbonyl (C=O) groups is 1. The zero-order valence-corrected chi connectivity index (χ0v) is 19.4. The van der Waals surface area contributed by atoms with Gasteiger partial charge < -0.3 is 23.5 Å². The molecule has 1 atom stereocenters. The van der Waals surface area contributed by atoms with Gasteiger partial charge in [-0.2, -0.15) is 0 Å². The molecule has 36 heavy (non-hydrogen) atoms. The van der Waals surface area contributed by atoms with Gasteiger partial charge in [-0.25, -0.2) is 0 Å². The van der Waals surface area contributed by atoms with Crippen LogP contribution in [0, 0.1) is 0 Å². The van der Waals surface area contributed by atoms with E-state index in [1.165, 1.54) is 0 Å². The first kappa shape index (κ1) is 21.0. The standard InChI is InChI=1S/C28H23N3O5/c32-28(25-19-7-1-3-9-21(19)35-22-10-4-2-8-20(22)25)31-13-5-6-18(15-31)27-30-29-26(36-27)17-11-12-23-24(14-17)34-16-33-23/h1-4,7-12,14,18,25H,5-6,13,15-16H2. The molecule has 8 nitrogen and oxygen atoms in total. The molecule has 7 rings (SSSR count). The Balaban J connectivity index is 1.15. The zero-order chi connectivity index (χ0) is 24.1. The fourth-order valence-corrected chi connectivity index (χ4v) is 5.28. The molecule has 1 saturated heterocycles. The minimum Gasteiger partial charge on any atom is -0.457 e. The second-order valence-corrected chi connectivity index (χ2v) is 9.25. The van der Waals surface area contributed by atoms with Crippen LogP contribution in [0.3, 0.4) is 0 Å². The molecule has 0 bridgehead atoms. The van der Waals surface area contributed by atoms with Crippen molar-refractivity contribution in [3.8, 4) is 34.5 Å². The van der Waals surface area contributed by atoms with Gasteiger partial charge in [0.25, 0.3) is 0 Å². The third-order valence-corrected chi connectivity index (χ3v) is 7.07. The van der Waals surface area contributed by atoms with Gasteiger partial charge in [0.2, 0.25) is 24.5 Å². The van der Waals surface area contributed by atoms with Crippen LogP contribution in [0.4, 0.5) is 0 Å². The highest BCUT2D eigenvalue weighted by atomic mass is 16.7. The highest BCUT2D eigenvalue weighted by Crippen LogP contribution is 2.45. The Morgan fingerprint density at radius 1 is 0.861 bits per heavy atom. The summed E-state index contributed by atoms with van der Waals surface area (Å²) in [6.07, 6.45) is 1.75. The molecule has 1 unspecified atom stereocenters. The van der Waals surface area contributed by atoms with Crippen molar-refractivity contribution in [3.05, 3.63) is 83.7 Å². The van der Waals surface area contributed by atoms with Crippen molar-refractivity contribution in [2.45, 2.75) is 24.7 Å². The maximum Gasteiger partial charge on any atom is 0.247 e. The number of hydrogen-bond acceptors (Lipinski definition) is 7. The number of hydrogen-bond donors (Lipinski definition) is 0. The molecular formula is C28H23N3O5. The minimum atomic E-state index is -0.406. The number of piperidine rings is 1. The van der Waals surface area contributed by atoms with Crippen molar-refractivity contribution in [2.75, 3.05) is 19.9 Å². The molecule has 3 aliphatic heterocycles. The predicted molar refractivity (Wildman–Crippen MR) is 129 cm³/mol. The van der Waals surface area contributed by atoms with Crippen molar-refractivity contribution in [1.82, 2.24) is 15.1 Å². The summed E-state index contributed by atoms with van der Waals surface area (Å²) < 4.78 is 23.0. The first-order valence-electron chi connectivity index (χ1n) is 12.1. The average Bonchev–Trinajstić information content (AvgIpc) is 3.61. The molecule has 0 aliphatic carbocycles. The van der Waals surface area contributed by atoms with E-state index in [0.717, 1.165) is 41.0 Å². The van der Waals surface area contributed by atoms with Gasteiger partial charge in [-0.15, -0.1) is 10.2 Å². The van der Waals surface area contributed by atoms with E-state index in [-0.39, 0.29) is 18.6 Å².